The molecule has 20 heavy (non-hydrogen) atoms. The van der Waals surface area contributed by atoms with Gasteiger partial charge in [0.15, 0.2) is 5.82 Å². The number of piperidine rings is 1. The fourth-order valence-corrected chi connectivity index (χ4v) is 2.90. The van der Waals surface area contributed by atoms with Crippen LogP contribution in [0.1, 0.15) is 37.8 Å². The molecule has 106 valence electrons. The number of rotatable bonds is 3. The van der Waals surface area contributed by atoms with E-state index in [0.29, 0.717) is 6.04 Å². The molecule has 1 aliphatic heterocycles. The average molecular weight is 270 g/mol. The van der Waals surface area contributed by atoms with Gasteiger partial charge < -0.3 is 0 Å². The molecule has 0 spiro atoms. The van der Waals surface area contributed by atoms with Crippen molar-refractivity contribution in [1.82, 2.24) is 19.7 Å². The third kappa shape index (κ3) is 2.75. The second kappa shape index (κ2) is 5.75. The van der Waals surface area contributed by atoms with Gasteiger partial charge in [-0.25, -0.2) is 4.98 Å². The Morgan fingerprint density at radius 3 is 2.35 bits per heavy atom. The van der Waals surface area contributed by atoms with Gasteiger partial charge in [0.05, 0.1) is 0 Å². The Morgan fingerprint density at radius 1 is 1.05 bits per heavy atom. The number of likely N-dealkylation sites (tertiary alicyclic amines) is 1. The summed E-state index contributed by atoms with van der Waals surface area (Å²) in [5.74, 6) is 0.796. The Labute approximate surface area is 120 Å². The highest BCUT2D eigenvalue weighted by molar-refractivity contribution is 5.54. The predicted molar refractivity (Wildman–Crippen MR) is 80.3 cm³/mol. The topological polar surface area (TPSA) is 34.0 Å². The van der Waals surface area contributed by atoms with Crippen LogP contribution in [-0.2, 0) is 7.05 Å². The Kier molecular flexibility index (Phi) is 3.83. The molecule has 4 heteroatoms. The van der Waals surface area contributed by atoms with Crippen molar-refractivity contribution in [2.75, 3.05) is 13.1 Å². The molecule has 1 aromatic heterocycles. The molecule has 3 rings (SSSR count). The van der Waals surface area contributed by atoms with Gasteiger partial charge in [-0.1, -0.05) is 30.7 Å². The summed E-state index contributed by atoms with van der Waals surface area (Å²) in [6.45, 7) is 4.76. The Bertz CT molecular complexity index is 552. The molecule has 1 atom stereocenters. The maximum Gasteiger partial charge on any atom is 0.181 e. The number of hydrogen-bond donors (Lipinski definition) is 0. The van der Waals surface area contributed by atoms with Crippen LogP contribution in [-0.4, -0.2) is 32.8 Å². The van der Waals surface area contributed by atoms with Crippen molar-refractivity contribution in [2.24, 2.45) is 7.05 Å². The van der Waals surface area contributed by atoms with E-state index in [4.69, 9.17) is 0 Å². The smallest absolute Gasteiger partial charge is 0.181 e. The third-order valence-electron chi connectivity index (χ3n) is 4.19. The fraction of sp³-hybridized carbons (Fsp3) is 0.500. The van der Waals surface area contributed by atoms with Crippen LogP contribution in [0.4, 0.5) is 0 Å². The molecule has 0 bridgehead atoms. The van der Waals surface area contributed by atoms with Gasteiger partial charge in [-0.2, -0.15) is 5.10 Å². The van der Waals surface area contributed by atoms with E-state index in [1.165, 1.54) is 37.9 Å². The van der Waals surface area contributed by atoms with E-state index < -0.39 is 0 Å². The van der Waals surface area contributed by atoms with Crippen LogP contribution in [0, 0.1) is 0 Å². The first kappa shape index (κ1) is 13.3. The summed E-state index contributed by atoms with van der Waals surface area (Å²) in [6.07, 6.45) is 5.79. The summed E-state index contributed by atoms with van der Waals surface area (Å²) >= 11 is 0. The van der Waals surface area contributed by atoms with Gasteiger partial charge in [-0.15, -0.1) is 0 Å². The van der Waals surface area contributed by atoms with Crippen molar-refractivity contribution in [2.45, 2.75) is 32.2 Å². The lowest BCUT2D eigenvalue weighted by Gasteiger charge is -2.32. The first-order valence-corrected chi connectivity index (χ1v) is 7.44. The molecule has 1 aliphatic rings. The number of aromatic nitrogens is 3. The second-order valence-corrected chi connectivity index (χ2v) is 5.64. The zero-order valence-electron chi connectivity index (χ0n) is 12.3. The van der Waals surface area contributed by atoms with Crippen LogP contribution in [0.25, 0.3) is 11.4 Å². The normalized spacial score (nSPS) is 18.1. The minimum absolute atomic E-state index is 0.501. The molecule has 1 aromatic carbocycles. The summed E-state index contributed by atoms with van der Waals surface area (Å²) < 4.78 is 1.74. The fourth-order valence-electron chi connectivity index (χ4n) is 2.90. The number of nitrogens with zero attached hydrogens (tertiary/aromatic N) is 4. The van der Waals surface area contributed by atoms with E-state index in [-0.39, 0.29) is 0 Å². The van der Waals surface area contributed by atoms with E-state index in [0.717, 1.165) is 11.4 Å². The van der Waals surface area contributed by atoms with Crippen molar-refractivity contribution in [3.63, 3.8) is 0 Å². The highest BCUT2D eigenvalue weighted by atomic mass is 15.3. The minimum Gasteiger partial charge on any atom is -0.297 e. The molecule has 2 aromatic rings. The highest BCUT2D eigenvalue weighted by Crippen LogP contribution is 2.25. The number of hydrogen-bond acceptors (Lipinski definition) is 3. The monoisotopic (exact) mass is 270 g/mol. The summed E-state index contributed by atoms with van der Waals surface area (Å²) in [6, 6.07) is 9.19. The Balaban J connectivity index is 1.75. The SMILES string of the molecule is CC(c1ccc(-c2ncn(C)n2)cc1)N1CCCCC1. The lowest BCUT2D eigenvalue weighted by Crippen LogP contribution is -2.32. The summed E-state index contributed by atoms with van der Waals surface area (Å²) in [4.78, 5) is 6.87. The van der Waals surface area contributed by atoms with Gasteiger partial charge in [-0.05, 0) is 38.4 Å². The first-order valence-electron chi connectivity index (χ1n) is 7.44. The molecule has 4 nitrogen and oxygen atoms in total. The van der Waals surface area contributed by atoms with E-state index >= 15 is 0 Å². The molecular formula is C16H22N4. The molecule has 0 aliphatic carbocycles. The number of aryl methyl sites for hydroxylation is 1. The second-order valence-electron chi connectivity index (χ2n) is 5.64. The maximum absolute atomic E-state index is 4.34. The third-order valence-corrected chi connectivity index (χ3v) is 4.19. The van der Waals surface area contributed by atoms with Crippen LogP contribution in [0.5, 0.6) is 0 Å². The standard InChI is InChI=1S/C16H22N4/c1-13(20-10-4-3-5-11-20)14-6-8-15(9-7-14)16-17-12-19(2)18-16/h6-9,12-13H,3-5,10-11H2,1-2H3. The van der Waals surface area contributed by atoms with Crippen molar-refractivity contribution >= 4 is 0 Å². The Morgan fingerprint density at radius 2 is 1.75 bits per heavy atom. The molecule has 2 heterocycles. The van der Waals surface area contributed by atoms with Crippen LogP contribution >= 0.6 is 0 Å². The van der Waals surface area contributed by atoms with E-state index in [1.54, 1.807) is 11.0 Å². The van der Waals surface area contributed by atoms with Gasteiger partial charge in [0.1, 0.15) is 6.33 Å². The molecule has 0 saturated carbocycles. The largest absolute Gasteiger partial charge is 0.297 e. The van der Waals surface area contributed by atoms with E-state index in [2.05, 4.69) is 46.2 Å². The van der Waals surface area contributed by atoms with Crippen LogP contribution in [0.3, 0.4) is 0 Å². The van der Waals surface area contributed by atoms with E-state index in [1.807, 2.05) is 7.05 Å². The van der Waals surface area contributed by atoms with Crippen molar-refractivity contribution in [1.29, 1.82) is 0 Å². The highest BCUT2D eigenvalue weighted by Gasteiger charge is 2.18. The van der Waals surface area contributed by atoms with Crippen LogP contribution in [0.2, 0.25) is 0 Å². The molecule has 0 amide bonds. The predicted octanol–water partition coefficient (Wildman–Crippen LogP) is 3.03. The molecule has 1 unspecified atom stereocenters. The van der Waals surface area contributed by atoms with Crippen molar-refractivity contribution < 1.29 is 0 Å². The van der Waals surface area contributed by atoms with E-state index in [9.17, 15) is 0 Å². The average Bonchev–Trinajstić information content (AvgIpc) is 2.94. The zero-order chi connectivity index (χ0) is 13.9. The summed E-state index contributed by atoms with van der Waals surface area (Å²) in [5.41, 5.74) is 2.46. The first-order chi connectivity index (χ1) is 9.74. The van der Waals surface area contributed by atoms with Gasteiger partial charge in [0.25, 0.3) is 0 Å². The Hall–Kier alpha value is -1.68. The van der Waals surface area contributed by atoms with Gasteiger partial charge in [-0.3, -0.25) is 9.58 Å². The van der Waals surface area contributed by atoms with Gasteiger partial charge in [0, 0.05) is 18.7 Å². The van der Waals surface area contributed by atoms with Crippen LogP contribution < -0.4 is 0 Å². The van der Waals surface area contributed by atoms with Gasteiger partial charge in [0.2, 0.25) is 0 Å². The minimum atomic E-state index is 0.501. The quantitative estimate of drug-likeness (QED) is 0.859. The summed E-state index contributed by atoms with van der Waals surface area (Å²) in [5, 5.41) is 4.34. The molecule has 0 N–H and O–H groups in total. The molecule has 0 radical (unpaired) electrons. The maximum atomic E-state index is 4.34. The number of benzene rings is 1. The molecular weight excluding hydrogens is 248 g/mol. The van der Waals surface area contributed by atoms with Crippen LogP contribution in [0.15, 0.2) is 30.6 Å². The lowest BCUT2D eigenvalue weighted by molar-refractivity contribution is 0.175. The van der Waals surface area contributed by atoms with Crippen molar-refractivity contribution in [3.05, 3.63) is 36.2 Å². The zero-order valence-corrected chi connectivity index (χ0v) is 12.3. The van der Waals surface area contributed by atoms with Crippen molar-refractivity contribution in [3.8, 4) is 11.4 Å². The summed E-state index contributed by atoms with van der Waals surface area (Å²) in [7, 11) is 1.89. The lowest BCUT2D eigenvalue weighted by atomic mass is 10.0. The van der Waals surface area contributed by atoms with Gasteiger partial charge >= 0.3 is 0 Å². The molecule has 1 fully saturated rings. The molecule has 1 saturated heterocycles.